The predicted octanol–water partition coefficient (Wildman–Crippen LogP) is 1.27. The van der Waals surface area contributed by atoms with E-state index in [-0.39, 0.29) is 17.1 Å². The van der Waals surface area contributed by atoms with Crippen molar-refractivity contribution in [3.63, 3.8) is 0 Å². The number of benzene rings is 2. The van der Waals surface area contributed by atoms with E-state index in [1.54, 1.807) is 13.8 Å². The molecule has 1 atom stereocenters. The first kappa shape index (κ1) is 21.9. The van der Waals surface area contributed by atoms with Crippen molar-refractivity contribution in [2.75, 3.05) is 0 Å². The standard InChI is InChI=1S/C19H19NO8S/c1-11-7-12(2)9-15(8-11)29(26,27)28-14-5-3-13(4-6-14)10-16(18(22)23)20-17(21)19(24)25/h3-9,16H,10H2,1-2H3,(H,20,21)(H,22,23)(H,24,25). The average Bonchev–Trinajstić information content (AvgIpc) is 2.61. The van der Waals surface area contributed by atoms with Crippen molar-refractivity contribution in [2.45, 2.75) is 31.2 Å². The molecule has 0 aliphatic carbocycles. The number of aliphatic carboxylic acids is 2. The van der Waals surface area contributed by atoms with Crippen molar-refractivity contribution >= 4 is 28.0 Å². The molecule has 9 nitrogen and oxygen atoms in total. The van der Waals surface area contributed by atoms with Crippen LogP contribution in [-0.2, 0) is 30.9 Å². The molecule has 1 unspecified atom stereocenters. The van der Waals surface area contributed by atoms with E-state index in [1.807, 2.05) is 11.4 Å². The van der Waals surface area contributed by atoms with Gasteiger partial charge in [-0.3, -0.25) is 4.79 Å². The fraction of sp³-hybridized carbons (Fsp3) is 0.211. The van der Waals surface area contributed by atoms with Crippen LogP contribution in [0.2, 0.25) is 0 Å². The van der Waals surface area contributed by atoms with Crippen molar-refractivity contribution in [3.05, 3.63) is 59.2 Å². The monoisotopic (exact) mass is 421 g/mol. The van der Waals surface area contributed by atoms with E-state index in [1.165, 1.54) is 36.4 Å². The predicted molar refractivity (Wildman–Crippen MR) is 101 cm³/mol. The molecular formula is C19H19NO8S. The normalized spacial score (nSPS) is 12.1. The third kappa shape index (κ3) is 6.04. The third-order valence-corrected chi connectivity index (χ3v) is 5.08. The van der Waals surface area contributed by atoms with Gasteiger partial charge in [-0.15, -0.1) is 0 Å². The van der Waals surface area contributed by atoms with E-state index in [0.717, 1.165) is 11.1 Å². The zero-order valence-corrected chi connectivity index (χ0v) is 16.4. The summed E-state index contributed by atoms with van der Waals surface area (Å²) in [4.78, 5) is 33.0. The lowest BCUT2D eigenvalue weighted by Crippen LogP contribution is -2.45. The Bertz CT molecular complexity index is 1020. The minimum Gasteiger partial charge on any atom is -0.480 e. The number of aryl methyl sites for hydroxylation is 2. The van der Waals surface area contributed by atoms with Gasteiger partial charge in [0, 0.05) is 6.42 Å². The van der Waals surface area contributed by atoms with Gasteiger partial charge in [0.15, 0.2) is 0 Å². The van der Waals surface area contributed by atoms with Crippen LogP contribution >= 0.6 is 0 Å². The van der Waals surface area contributed by atoms with Crippen molar-refractivity contribution in [2.24, 2.45) is 0 Å². The Morgan fingerprint density at radius 2 is 1.55 bits per heavy atom. The molecule has 0 heterocycles. The lowest BCUT2D eigenvalue weighted by molar-refractivity contribution is -0.152. The Hall–Kier alpha value is -3.40. The molecule has 0 aromatic heterocycles. The number of nitrogens with one attached hydrogen (secondary N) is 1. The number of carbonyl (C=O) groups excluding carboxylic acids is 1. The summed E-state index contributed by atoms with van der Waals surface area (Å²) in [6, 6.07) is 8.88. The maximum absolute atomic E-state index is 12.4. The minimum atomic E-state index is -4.05. The van der Waals surface area contributed by atoms with E-state index in [0.29, 0.717) is 5.56 Å². The van der Waals surface area contributed by atoms with E-state index in [2.05, 4.69) is 0 Å². The SMILES string of the molecule is Cc1cc(C)cc(S(=O)(=O)Oc2ccc(CC(NC(=O)C(=O)O)C(=O)O)cc2)c1. The highest BCUT2D eigenvalue weighted by molar-refractivity contribution is 7.87. The summed E-state index contributed by atoms with van der Waals surface area (Å²) >= 11 is 0. The number of amides is 1. The second-order valence-corrected chi connectivity index (χ2v) is 7.92. The highest BCUT2D eigenvalue weighted by atomic mass is 32.2. The molecular weight excluding hydrogens is 402 g/mol. The molecule has 0 saturated carbocycles. The maximum atomic E-state index is 12.4. The first-order valence-corrected chi connectivity index (χ1v) is 9.77. The number of carboxylic acid groups (broad SMARTS) is 2. The summed E-state index contributed by atoms with van der Waals surface area (Å²) in [5, 5.41) is 19.6. The van der Waals surface area contributed by atoms with Gasteiger partial charge in [0.25, 0.3) is 0 Å². The number of carboxylic acids is 2. The van der Waals surface area contributed by atoms with Gasteiger partial charge in [0.1, 0.15) is 16.7 Å². The number of hydrogen-bond acceptors (Lipinski definition) is 6. The Kier molecular flexibility index (Phi) is 6.60. The number of carbonyl (C=O) groups is 3. The van der Waals surface area contributed by atoms with E-state index < -0.39 is 34.0 Å². The molecule has 0 radical (unpaired) electrons. The molecule has 0 spiro atoms. The molecule has 2 aromatic rings. The van der Waals surface area contributed by atoms with Gasteiger partial charge in [-0.2, -0.15) is 8.42 Å². The van der Waals surface area contributed by atoms with E-state index >= 15 is 0 Å². The molecule has 0 bridgehead atoms. The molecule has 2 aromatic carbocycles. The van der Waals surface area contributed by atoms with Gasteiger partial charge < -0.3 is 19.7 Å². The molecule has 3 N–H and O–H groups in total. The molecule has 2 rings (SSSR count). The van der Waals surface area contributed by atoms with Gasteiger partial charge >= 0.3 is 28.0 Å². The van der Waals surface area contributed by atoms with E-state index in [9.17, 15) is 22.8 Å². The summed E-state index contributed by atoms with van der Waals surface area (Å²) < 4.78 is 30.0. The smallest absolute Gasteiger partial charge is 0.394 e. The molecule has 1 amide bonds. The Morgan fingerprint density at radius 1 is 1.00 bits per heavy atom. The summed E-state index contributed by atoms with van der Waals surface area (Å²) in [5.41, 5.74) is 1.97. The maximum Gasteiger partial charge on any atom is 0.394 e. The van der Waals surface area contributed by atoms with Gasteiger partial charge in [-0.05, 0) is 54.8 Å². The number of rotatable bonds is 7. The molecule has 0 aliphatic heterocycles. The fourth-order valence-electron chi connectivity index (χ4n) is 2.59. The molecule has 10 heteroatoms. The van der Waals surface area contributed by atoms with Crippen LogP contribution in [0.15, 0.2) is 47.4 Å². The second kappa shape index (κ2) is 8.74. The van der Waals surface area contributed by atoms with Crippen LogP contribution in [-0.4, -0.2) is 42.5 Å². The van der Waals surface area contributed by atoms with Crippen LogP contribution in [0.3, 0.4) is 0 Å². The van der Waals surface area contributed by atoms with Crippen LogP contribution in [0.4, 0.5) is 0 Å². The van der Waals surface area contributed by atoms with Crippen LogP contribution < -0.4 is 9.50 Å². The van der Waals surface area contributed by atoms with Crippen molar-refractivity contribution < 1.29 is 37.2 Å². The molecule has 0 saturated heterocycles. The summed E-state index contributed by atoms with van der Waals surface area (Å²) in [5.74, 6) is -4.61. The highest BCUT2D eigenvalue weighted by Gasteiger charge is 2.24. The van der Waals surface area contributed by atoms with Crippen molar-refractivity contribution in [1.82, 2.24) is 5.32 Å². The average molecular weight is 421 g/mol. The fourth-order valence-corrected chi connectivity index (χ4v) is 3.71. The lowest BCUT2D eigenvalue weighted by atomic mass is 10.1. The molecule has 0 aliphatic rings. The molecule has 154 valence electrons. The zero-order chi connectivity index (χ0) is 21.8. The van der Waals surface area contributed by atoms with E-state index in [4.69, 9.17) is 14.4 Å². The van der Waals surface area contributed by atoms with Crippen molar-refractivity contribution in [1.29, 1.82) is 0 Å². The first-order valence-electron chi connectivity index (χ1n) is 8.36. The van der Waals surface area contributed by atoms with Gasteiger partial charge in [-0.25, -0.2) is 9.59 Å². The number of hydrogen-bond donors (Lipinski definition) is 3. The Balaban J connectivity index is 2.14. The highest BCUT2D eigenvalue weighted by Crippen LogP contribution is 2.21. The summed E-state index contributed by atoms with van der Waals surface area (Å²) in [6.07, 6.45) is -0.196. The summed E-state index contributed by atoms with van der Waals surface area (Å²) in [6.45, 7) is 3.53. The largest absolute Gasteiger partial charge is 0.480 e. The topological polar surface area (TPSA) is 147 Å². The first-order chi connectivity index (χ1) is 13.5. The van der Waals surface area contributed by atoms with Crippen molar-refractivity contribution in [3.8, 4) is 5.75 Å². The van der Waals surface area contributed by atoms with Crippen LogP contribution in [0.1, 0.15) is 16.7 Å². The Morgan fingerprint density at radius 3 is 2.03 bits per heavy atom. The van der Waals surface area contributed by atoms with Gasteiger partial charge in [0.05, 0.1) is 0 Å². The zero-order valence-electron chi connectivity index (χ0n) is 15.6. The molecule has 0 fully saturated rings. The van der Waals surface area contributed by atoms with Gasteiger partial charge in [0.2, 0.25) is 0 Å². The lowest BCUT2D eigenvalue weighted by Gasteiger charge is -2.13. The molecule has 29 heavy (non-hydrogen) atoms. The quantitative estimate of drug-likeness (QED) is 0.447. The van der Waals surface area contributed by atoms with Crippen LogP contribution in [0, 0.1) is 13.8 Å². The van der Waals surface area contributed by atoms with Crippen LogP contribution in [0.5, 0.6) is 5.75 Å². The second-order valence-electron chi connectivity index (χ2n) is 6.38. The van der Waals surface area contributed by atoms with Gasteiger partial charge in [-0.1, -0.05) is 18.2 Å². The Labute approximate surface area is 167 Å². The minimum absolute atomic E-state index is 0.0152. The third-order valence-electron chi connectivity index (χ3n) is 3.85. The van der Waals surface area contributed by atoms with Crippen LogP contribution in [0.25, 0.3) is 0 Å². The summed E-state index contributed by atoms with van der Waals surface area (Å²) in [7, 11) is -4.05.